The summed E-state index contributed by atoms with van der Waals surface area (Å²) in [6.45, 7) is 0.881. The molecule has 8 nitrogen and oxygen atoms in total. The van der Waals surface area contributed by atoms with Gasteiger partial charge in [-0.15, -0.1) is 10.2 Å². The Morgan fingerprint density at radius 1 is 1.00 bits per heavy atom. The van der Waals surface area contributed by atoms with Gasteiger partial charge in [0, 0.05) is 44.3 Å². The number of nitrogens with one attached hydrogen (secondary N) is 1. The number of pyridine rings is 1. The molecule has 1 saturated heterocycles. The second-order valence-corrected chi connectivity index (χ2v) is 8.29. The Hall–Kier alpha value is -2.47. The van der Waals surface area contributed by atoms with E-state index in [2.05, 4.69) is 20.5 Å². The van der Waals surface area contributed by atoms with Crippen LogP contribution in [0, 0.1) is 0 Å². The fourth-order valence-corrected chi connectivity index (χ4v) is 4.18. The van der Waals surface area contributed by atoms with Gasteiger partial charge in [-0.2, -0.15) is 17.5 Å². The van der Waals surface area contributed by atoms with Crippen molar-refractivity contribution in [3.05, 3.63) is 36.7 Å². The van der Waals surface area contributed by atoms with Crippen LogP contribution < -0.4 is 10.2 Å². The maximum atomic E-state index is 12.3. The zero-order valence-electron chi connectivity index (χ0n) is 14.8. The first-order valence-corrected chi connectivity index (χ1v) is 10.1. The molecule has 1 aliphatic heterocycles. The fourth-order valence-electron chi connectivity index (χ4n) is 2.71. The molecule has 152 valence electrons. The Kier molecular flexibility index (Phi) is 5.98. The van der Waals surface area contributed by atoms with E-state index < -0.39 is 28.4 Å². The van der Waals surface area contributed by atoms with Gasteiger partial charge < -0.3 is 10.2 Å². The summed E-state index contributed by atoms with van der Waals surface area (Å²) in [5.41, 5.74) is 0.815. The Morgan fingerprint density at radius 3 is 2.25 bits per heavy atom. The van der Waals surface area contributed by atoms with E-state index in [4.69, 9.17) is 0 Å². The maximum absolute atomic E-state index is 12.3. The van der Waals surface area contributed by atoms with Crippen LogP contribution in [0.4, 0.5) is 30.5 Å². The predicted octanol–water partition coefficient (Wildman–Crippen LogP) is 2.02. The minimum absolute atomic E-state index is 0.110. The van der Waals surface area contributed by atoms with Crippen LogP contribution in [-0.2, 0) is 10.0 Å². The molecule has 12 heteroatoms. The number of anilines is 3. The van der Waals surface area contributed by atoms with Crippen LogP contribution in [0.25, 0.3) is 0 Å². The molecule has 0 bridgehead atoms. The van der Waals surface area contributed by atoms with Gasteiger partial charge in [0.2, 0.25) is 10.0 Å². The van der Waals surface area contributed by atoms with E-state index in [0.717, 1.165) is 9.99 Å². The lowest BCUT2D eigenvalue weighted by Gasteiger charge is -2.34. The molecule has 2 aromatic rings. The molecule has 0 atom stereocenters. The number of hydrogen-bond acceptors (Lipinski definition) is 7. The van der Waals surface area contributed by atoms with Crippen LogP contribution in [0.3, 0.4) is 0 Å². The Labute approximate surface area is 160 Å². The summed E-state index contributed by atoms with van der Waals surface area (Å²) in [6.07, 6.45) is -2.54. The van der Waals surface area contributed by atoms with Crippen LogP contribution >= 0.6 is 0 Å². The summed E-state index contributed by atoms with van der Waals surface area (Å²) in [5, 5.41) is 11.3. The summed E-state index contributed by atoms with van der Waals surface area (Å²) in [4.78, 5) is 5.77. The van der Waals surface area contributed by atoms with Crippen LogP contribution in [-0.4, -0.2) is 66.0 Å². The lowest BCUT2D eigenvalue weighted by atomic mass is 10.3. The Bertz CT molecular complexity index is 870. The van der Waals surface area contributed by atoms with Crippen LogP contribution in [0.15, 0.2) is 36.7 Å². The lowest BCUT2D eigenvalue weighted by Crippen LogP contribution is -2.49. The highest BCUT2D eigenvalue weighted by Crippen LogP contribution is 2.22. The zero-order valence-corrected chi connectivity index (χ0v) is 15.6. The molecule has 1 aliphatic rings. The van der Waals surface area contributed by atoms with E-state index in [1.54, 1.807) is 36.7 Å². The average molecular weight is 416 g/mol. The SMILES string of the molecule is O=S(=O)(CCC(F)(F)F)N1CCN(c2ccc(Nc3ccncc3)nn2)CC1. The van der Waals surface area contributed by atoms with E-state index in [-0.39, 0.29) is 13.1 Å². The number of piperazine rings is 1. The molecule has 0 radical (unpaired) electrons. The number of halogens is 3. The molecule has 1 N–H and O–H groups in total. The molecule has 0 aromatic carbocycles. The standard InChI is InChI=1S/C16H19F3N6O2S/c17-16(18,19)5-12-28(26,27)25-10-8-24(9-11-25)15-2-1-14(22-23-15)21-13-3-6-20-7-4-13/h1-4,6-7H,5,8-12H2,(H,20,21,22). The molecule has 3 rings (SSSR count). The van der Waals surface area contributed by atoms with Crippen LogP contribution in [0.5, 0.6) is 0 Å². The summed E-state index contributed by atoms with van der Waals surface area (Å²) >= 11 is 0. The van der Waals surface area contributed by atoms with Crippen molar-refractivity contribution in [1.29, 1.82) is 0 Å². The van der Waals surface area contributed by atoms with Crippen molar-refractivity contribution in [3.8, 4) is 0 Å². The van der Waals surface area contributed by atoms with Crippen molar-refractivity contribution < 1.29 is 21.6 Å². The van der Waals surface area contributed by atoms with Crippen molar-refractivity contribution in [2.75, 3.05) is 42.1 Å². The van der Waals surface area contributed by atoms with E-state index in [1.165, 1.54) is 0 Å². The third-order valence-corrected chi connectivity index (χ3v) is 6.07. The van der Waals surface area contributed by atoms with Crippen LogP contribution in [0.2, 0.25) is 0 Å². The van der Waals surface area contributed by atoms with E-state index in [1.807, 2.05) is 4.90 Å². The summed E-state index contributed by atoms with van der Waals surface area (Å²) in [5.74, 6) is 0.196. The molecule has 1 fully saturated rings. The highest BCUT2D eigenvalue weighted by molar-refractivity contribution is 7.89. The first kappa shape index (κ1) is 20.3. The average Bonchev–Trinajstić information content (AvgIpc) is 2.68. The van der Waals surface area contributed by atoms with Gasteiger partial charge in [-0.1, -0.05) is 0 Å². The topological polar surface area (TPSA) is 91.3 Å². The number of aromatic nitrogens is 3. The Morgan fingerprint density at radius 2 is 1.68 bits per heavy atom. The summed E-state index contributed by atoms with van der Waals surface area (Å²) in [6, 6.07) is 7.07. The van der Waals surface area contributed by atoms with Gasteiger partial charge >= 0.3 is 6.18 Å². The minimum atomic E-state index is -4.49. The van der Waals surface area contributed by atoms with Gasteiger partial charge in [0.05, 0.1) is 12.2 Å². The van der Waals surface area contributed by atoms with E-state index in [9.17, 15) is 21.6 Å². The van der Waals surface area contributed by atoms with Crippen molar-refractivity contribution in [1.82, 2.24) is 19.5 Å². The van der Waals surface area contributed by atoms with Crippen molar-refractivity contribution in [2.24, 2.45) is 0 Å². The molecule has 28 heavy (non-hydrogen) atoms. The van der Waals surface area contributed by atoms with Gasteiger partial charge in [0.15, 0.2) is 11.6 Å². The monoisotopic (exact) mass is 416 g/mol. The highest BCUT2D eigenvalue weighted by atomic mass is 32.2. The normalized spacial score (nSPS) is 16.2. The smallest absolute Gasteiger partial charge is 0.352 e. The van der Waals surface area contributed by atoms with Gasteiger partial charge in [-0.25, -0.2) is 8.42 Å². The van der Waals surface area contributed by atoms with Gasteiger partial charge in [0.25, 0.3) is 0 Å². The molecular formula is C16H19F3N6O2S. The van der Waals surface area contributed by atoms with Crippen molar-refractivity contribution in [3.63, 3.8) is 0 Å². The van der Waals surface area contributed by atoms with E-state index in [0.29, 0.717) is 24.7 Å². The molecule has 0 saturated carbocycles. The van der Waals surface area contributed by atoms with E-state index >= 15 is 0 Å². The number of alkyl halides is 3. The second kappa shape index (κ2) is 8.27. The molecule has 0 unspecified atom stereocenters. The first-order valence-electron chi connectivity index (χ1n) is 8.53. The quantitative estimate of drug-likeness (QED) is 0.770. The molecule has 3 heterocycles. The van der Waals surface area contributed by atoms with Gasteiger partial charge in [-0.05, 0) is 24.3 Å². The molecule has 0 amide bonds. The second-order valence-electron chi connectivity index (χ2n) is 6.20. The van der Waals surface area contributed by atoms with Crippen molar-refractivity contribution in [2.45, 2.75) is 12.6 Å². The predicted molar refractivity (Wildman–Crippen MR) is 97.8 cm³/mol. The number of nitrogens with zero attached hydrogens (tertiary/aromatic N) is 5. The maximum Gasteiger partial charge on any atom is 0.390 e. The first-order chi connectivity index (χ1) is 13.2. The molecule has 0 aliphatic carbocycles. The highest BCUT2D eigenvalue weighted by Gasteiger charge is 2.33. The third-order valence-electron chi connectivity index (χ3n) is 4.20. The van der Waals surface area contributed by atoms with Crippen molar-refractivity contribution >= 4 is 27.3 Å². The van der Waals surface area contributed by atoms with Gasteiger partial charge in [-0.3, -0.25) is 4.98 Å². The zero-order chi connectivity index (χ0) is 20.2. The third kappa shape index (κ3) is 5.52. The number of hydrogen-bond donors (Lipinski definition) is 1. The van der Waals surface area contributed by atoms with Gasteiger partial charge in [0.1, 0.15) is 0 Å². The summed E-state index contributed by atoms with van der Waals surface area (Å²) < 4.78 is 62.1. The number of rotatable bonds is 6. The molecule has 2 aromatic heterocycles. The number of sulfonamides is 1. The van der Waals surface area contributed by atoms with Crippen LogP contribution in [0.1, 0.15) is 6.42 Å². The molecular weight excluding hydrogens is 397 g/mol. The molecule has 0 spiro atoms. The summed E-state index contributed by atoms with van der Waals surface area (Å²) in [7, 11) is -3.93. The largest absolute Gasteiger partial charge is 0.390 e. The minimum Gasteiger partial charge on any atom is -0.352 e. The fraction of sp³-hybridized carbons (Fsp3) is 0.438. The lowest BCUT2D eigenvalue weighted by molar-refractivity contribution is -0.130. The Balaban J connectivity index is 1.54.